The molecular formula is C73H49N. The monoisotopic (exact) mass is 939 g/mol. The molecule has 0 bridgehead atoms. The molecule has 0 N–H and O–H groups in total. The molecule has 0 saturated carbocycles. The van der Waals surface area contributed by atoms with Crippen LogP contribution in [0.1, 0.15) is 22.3 Å². The highest BCUT2D eigenvalue weighted by Gasteiger charge is 2.46. The van der Waals surface area contributed by atoms with Crippen molar-refractivity contribution in [2.24, 2.45) is 0 Å². The molecule has 0 saturated heterocycles. The van der Waals surface area contributed by atoms with Crippen molar-refractivity contribution in [2.75, 3.05) is 4.90 Å². The van der Waals surface area contributed by atoms with E-state index in [-0.39, 0.29) is 0 Å². The summed E-state index contributed by atoms with van der Waals surface area (Å²) in [5.41, 5.74) is 20.1. The van der Waals surface area contributed by atoms with Crippen LogP contribution in [0.2, 0.25) is 0 Å². The van der Waals surface area contributed by atoms with Gasteiger partial charge in [-0.05, 0) is 159 Å². The molecule has 14 rings (SSSR count). The maximum atomic E-state index is 2.43. The molecule has 13 aromatic carbocycles. The average molecular weight is 940 g/mol. The summed E-state index contributed by atoms with van der Waals surface area (Å²) in [4.78, 5) is 2.42. The second kappa shape index (κ2) is 17.9. The highest BCUT2D eigenvalue weighted by atomic mass is 15.1. The molecule has 1 aliphatic rings. The molecule has 0 spiro atoms. The highest BCUT2D eigenvalue weighted by Crippen LogP contribution is 2.57. The molecule has 0 heterocycles. The zero-order valence-electron chi connectivity index (χ0n) is 40.7. The van der Waals surface area contributed by atoms with E-state index in [2.05, 4.69) is 302 Å². The fourth-order valence-corrected chi connectivity index (χ4v) is 12.2. The molecule has 0 unspecified atom stereocenters. The first-order chi connectivity index (χ1) is 36.7. The maximum absolute atomic E-state index is 2.43. The normalized spacial score (nSPS) is 12.4. The summed E-state index contributed by atoms with van der Waals surface area (Å²) in [6.07, 6.45) is 0. The Morgan fingerprint density at radius 1 is 0.230 bits per heavy atom. The lowest BCUT2D eigenvalue weighted by molar-refractivity contribution is 0.768. The van der Waals surface area contributed by atoms with E-state index in [1.54, 1.807) is 0 Å². The van der Waals surface area contributed by atoms with Crippen LogP contribution in [0.3, 0.4) is 0 Å². The summed E-state index contributed by atoms with van der Waals surface area (Å²) < 4.78 is 0. The van der Waals surface area contributed by atoms with Crippen molar-refractivity contribution in [1.82, 2.24) is 0 Å². The summed E-state index contributed by atoms with van der Waals surface area (Å²) in [5, 5.41) is 7.49. The van der Waals surface area contributed by atoms with E-state index in [1.807, 2.05) is 0 Å². The summed E-state index contributed by atoms with van der Waals surface area (Å²) in [6, 6.07) is 110. The zero-order chi connectivity index (χ0) is 49.0. The second-order valence-corrected chi connectivity index (χ2v) is 19.5. The molecule has 0 atom stereocenters. The lowest BCUT2D eigenvalue weighted by atomic mass is 9.68. The molecular weight excluding hydrogens is 891 g/mol. The molecule has 346 valence electrons. The van der Waals surface area contributed by atoms with Gasteiger partial charge in [0.15, 0.2) is 0 Å². The first kappa shape index (κ1) is 43.2. The summed E-state index contributed by atoms with van der Waals surface area (Å²) in [7, 11) is 0. The zero-order valence-corrected chi connectivity index (χ0v) is 40.7. The summed E-state index contributed by atoms with van der Waals surface area (Å²) in [5.74, 6) is 0. The number of hydrogen-bond acceptors (Lipinski definition) is 1. The Hall–Kier alpha value is -9.56. The van der Waals surface area contributed by atoms with Gasteiger partial charge >= 0.3 is 0 Å². The fraction of sp³-hybridized carbons (Fsp3) is 0.0137. The van der Waals surface area contributed by atoms with Gasteiger partial charge in [0, 0.05) is 17.1 Å². The number of hydrogen-bond donors (Lipinski definition) is 0. The van der Waals surface area contributed by atoms with Gasteiger partial charge < -0.3 is 4.90 Å². The van der Waals surface area contributed by atoms with E-state index >= 15 is 0 Å². The minimum atomic E-state index is -0.477. The van der Waals surface area contributed by atoms with Gasteiger partial charge in [0.25, 0.3) is 0 Å². The Labute approximate surface area is 432 Å². The van der Waals surface area contributed by atoms with Crippen molar-refractivity contribution in [3.63, 3.8) is 0 Å². The third-order valence-electron chi connectivity index (χ3n) is 15.5. The largest absolute Gasteiger partial charge is 0.310 e. The van der Waals surface area contributed by atoms with Gasteiger partial charge in [0.2, 0.25) is 0 Å². The summed E-state index contributed by atoms with van der Waals surface area (Å²) in [6.45, 7) is 0. The third kappa shape index (κ3) is 7.08. The lowest BCUT2D eigenvalue weighted by Crippen LogP contribution is -2.28. The smallest absolute Gasteiger partial charge is 0.0713 e. The van der Waals surface area contributed by atoms with Gasteiger partial charge in [0.1, 0.15) is 0 Å². The Kier molecular flexibility index (Phi) is 10.5. The number of fused-ring (bicyclic) bond motifs is 7. The van der Waals surface area contributed by atoms with Crippen LogP contribution in [0.5, 0.6) is 0 Å². The number of rotatable bonds is 9. The Bertz CT molecular complexity index is 4160. The maximum Gasteiger partial charge on any atom is 0.0713 e. The molecule has 1 aliphatic carbocycles. The van der Waals surface area contributed by atoms with E-state index in [1.165, 1.54) is 105 Å². The van der Waals surface area contributed by atoms with Crippen molar-refractivity contribution in [3.05, 3.63) is 320 Å². The van der Waals surface area contributed by atoms with E-state index in [4.69, 9.17) is 0 Å². The van der Waals surface area contributed by atoms with Crippen LogP contribution < -0.4 is 4.90 Å². The van der Waals surface area contributed by atoms with Crippen LogP contribution in [0.15, 0.2) is 297 Å². The molecule has 0 radical (unpaired) electrons. The van der Waals surface area contributed by atoms with Crippen LogP contribution in [0.4, 0.5) is 17.1 Å². The highest BCUT2D eigenvalue weighted by molar-refractivity contribution is 6.22. The van der Waals surface area contributed by atoms with Crippen LogP contribution >= 0.6 is 0 Å². The van der Waals surface area contributed by atoms with Crippen molar-refractivity contribution >= 4 is 49.4 Å². The molecule has 1 nitrogen and oxygen atoms in total. The predicted molar refractivity (Wildman–Crippen MR) is 313 cm³/mol. The molecule has 0 fully saturated rings. The molecule has 1 heteroatoms. The topological polar surface area (TPSA) is 3.24 Å². The minimum absolute atomic E-state index is 0.477. The van der Waals surface area contributed by atoms with Gasteiger partial charge in [-0.3, -0.25) is 0 Å². The fourth-order valence-electron chi connectivity index (χ4n) is 12.2. The minimum Gasteiger partial charge on any atom is -0.310 e. The first-order valence-corrected chi connectivity index (χ1v) is 25.7. The van der Waals surface area contributed by atoms with E-state index in [0.717, 1.165) is 22.6 Å². The lowest BCUT2D eigenvalue weighted by Gasteiger charge is -2.34. The number of anilines is 3. The van der Waals surface area contributed by atoms with Crippen LogP contribution in [0, 0.1) is 0 Å². The van der Waals surface area contributed by atoms with Gasteiger partial charge in [-0.15, -0.1) is 0 Å². The first-order valence-electron chi connectivity index (χ1n) is 25.7. The van der Waals surface area contributed by atoms with E-state index in [9.17, 15) is 0 Å². The van der Waals surface area contributed by atoms with Crippen LogP contribution in [0.25, 0.3) is 88.0 Å². The molecule has 74 heavy (non-hydrogen) atoms. The van der Waals surface area contributed by atoms with Crippen molar-refractivity contribution < 1.29 is 0 Å². The Morgan fingerprint density at radius 3 is 1.31 bits per heavy atom. The molecule has 0 aliphatic heterocycles. The SMILES string of the molecule is c1ccc(-c2c(-c3ccccc3)c3cc(-c4ccc(N(c5ccc(-c6ccc7ccccc7c6)cc5)c5ccc6c(c5)-c5ccccc5C6(c5ccccc5)c5ccccc5)cc4)ccc3c3ccccc23)cc1. The quantitative estimate of drug-likeness (QED) is 0.130. The average Bonchev–Trinajstić information content (AvgIpc) is 3.78. The van der Waals surface area contributed by atoms with Crippen LogP contribution in [-0.4, -0.2) is 0 Å². The van der Waals surface area contributed by atoms with Gasteiger partial charge in [0.05, 0.1) is 5.41 Å². The number of nitrogens with zero attached hydrogens (tertiary/aromatic N) is 1. The molecule has 0 aromatic heterocycles. The number of benzene rings is 13. The standard InChI is InChI=1S/C73H49N/c1-5-20-53(21-6-1)71-66-31-16-15-29-63(66)64-45-39-57(48-68(64)72(71)54-22-7-2-8-23-54)52-37-42-61(43-38-52)74(60-40-35-51(36-41-60)56-34-33-50-19-13-14-24-55(50)47-56)62-44-46-70-67(49-62)65-30-17-18-32-69(65)73(70,58-25-9-3-10-26-58)59-27-11-4-12-28-59/h1-49H. The predicted octanol–water partition coefficient (Wildman–Crippen LogP) is 19.6. The van der Waals surface area contributed by atoms with Gasteiger partial charge in [-0.25, -0.2) is 0 Å². The van der Waals surface area contributed by atoms with Crippen LogP contribution in [-0.2, 0) is 5.41 Å². The van der Waals surface area contributed by atoms with Crippen molar-refractivity contribution in [2.45, 2.75) is 5.41 Å². The third-order valence-corrected chi connectivity index (χ3v) is 15.5. The van der Waals surface area contributed by atoms with Gasteiger partial charge in [-0.2, -0.15) is 0 Å². The van der Waals surface area contributed by atoms with Crippen molar-refractivity contribution in [3.8, 4) is 55.6 Å². The molecule has 0 amide bonds. The second-order valence-electron chi connectivity index (χ2n) is 19.5. The Morgan fingerprint density at radius 2 is 0.676 bits per heavy atom. The Balaban J connectivity index is 0.928. The van der Waals surface area contributed by atoms with Gasteiger partial charge in [-0.1, -0.05) is 249 Å². The van der Waals surface area contributed by atoms with E-state index in [0.29, 0.717) is 0 Å². The molecule has 13 aromatic rings. The van der Waals surface area contributed by atoms with Crippen molar-refractivity contribution in [1.29, 1.82) is 0 Å². The van der Waals surface area contributed by atoms with E-state index < -0.39 is 5.41 Å². The summed E-state index contributed by atoms with van der Waals surface area (Å²) >= 11 is 0.